The van der Waals surface area contributed by atoms with Gasteiger partial charge in [-0.2, -0.15) is 0 Å². The van der Waals surface area contributed by atoms with Crippen LogP contribution in [-0.2, 0) is 6.54 Å². The number of rotatable bonds is 6. The fourth-order valence-electron chi connectivity index (χ4n) is 2.26. The molecule has 0 bridgehead atoms. The minimum Gasteiger partial charge on any atom is -0.496 e. The van der Waals surface area contributed by atoms with Gasteiger partial charge >= 0.3 is 0 Å². The van der Waals surface area contributed by atoms with Crippen LogP contribution in [-0.4, -0.2) is 31.6 Å². The van der Waals surface area contributed by atoms with Crippen LogP contribution in [0.25, 0.3) is 0 Å². The summed E-state index contributed by atoms with van der Waals surface area (Å²) in [6.07, 6.45) is 0. The van der Waals surface area contributed by atoms with E-state index in [0.29, 0.717) is 18.9 Å². The van der Waals surface area contributed by atoms with Crippen LogP contribution in [0.4, 0.5) is 4.39 Å². The molecule has 0 fully saturated rings. The molecule has 5 heteroatoms. The Balaban J connectivity index is 2.12. The quantitative estimate of drug-likeness (QED) is 0.818. The molecule has 2 aromatic carbocycles. The molecule has 2 aromatic rings. The second-order valence-corrected chi connectivity index (χ2v) is 5.08. The minimum absolute atomic E-state index is 0.209. The first-order valence-electron chi connectivity index (χ1n) is 7.36. The van der Waals surface area contributed by atoms with E-state index in [1.807, 2.05) is 31.2 Å². The van der Waals surface area contributed by atoms with Gasteiger partial charge in [0.25, 0.3) is 5.91 Å². The highest BCUT2D eigenvalue weighted by atomic mass is 19.1. The molecule has 0 saturated heterocycles. The molecule has 0 saturated carbocycles. The Hall–Kier alpha value is -2.56. The number of carbonyl (C=O) groups is 1. The van der Waals surface area contributed by atoms with Crippen LogP contribution in [0.2, 0.25) is 0 Å². The van der Waals surface area contributed by atoms with Crippen molar-refractivity contribution in [3.8, 4) is 11.5 Å². The van der Waals surface area contributed by atoms with Crippen LogP contribution >= 0.6 is 0 Å². The Bertz CT molecular complexity index is 670. The Morgan fingerprint density at radius 3 is 2.48 bits per heavy atom. The monoisotopic (exact) mass is 317 g/mol. The van der Waals surface area contributed by atoms with E-state index >= 15 is 0 Å². The summed E-state index contributed by atoms with van der Waals surface area (Å²) in [5, 5.41) is 0. The summed E-state index contributed by atoms with van der Waals surface area (Å²) in [6, 6.07) is 11.4. The van der Waals surface area contributed by atoms with E-state index in [1.165, 1.54) is 30.2 Å². The molecule has 0 aliphatic rings. The molecule has 0 aliphatic carbocycles. The maximum Gasteiger partial charge on any atom is 0.257 e. The van der Waals surface area contributed by atoms with E-state index in [2.05, 4.69) is 0 Å². The topological polar surface area (TPSA) is 38.8 Å². The van der Waals surface area contributed by atoms with Gasteiger partial charge in [0.15, 0.2) is 0 Å². The van der Waals surface area contributed by atoms with E-state index < -0.39 is 5.82 Å². The van der Waals surface area contributed by atoms with Crippen LogP contribution in [0, 0.1) is 5.82 Å². The van der Waals surface area contributed by atoms with E-state index in [-0.39, 0.29) is 11.5 Å². The zero-order valence-electron chi connectivity index (χ0n) is 13.5. The summed E-state index contributed by atoms with van der Waals surface area (Å²) in [5.41, 5.74) is 1.17. The summed E-state index contributed by atoms with van der Waals surface area (Å²) in [7, 11) is 3.12. The molecule has 4 nitrogen and oxygen atoms in total. The lowest BCUT2D eigenvalue weighted by Crippen LogP contribution is -2.26. The third kappa shape index (κ3) is 4.22. The normalized spacial score (nSPS) is 10.3. The summed E-state index contributed by atoms with van der Waals surface area (Å²) in [4.78, 5) is 14.0. The largest absolute Gasteiger partial charge is 0.496 e. The SMILES string of the molecule is CCOc1ccc(CN(C)C(=O)c2cc(F)ccc2OC)cc1. The zero-order valence-corrected chi connectivity index (χ0v) is 13.5. The number of nitrogens with zero attached hydrogens (tertiary/aromatic N) is 1. The first-order valence-corrected chi connectivity index (χ1v) is 7.36. The van der Waals surface area contributed by atoms with Crippen molar-refractivity contribution in [1.82, 2.24) is 4.90 Å². The molecular formula is C18H20FNO3. The predicted molar refractivity (Wildman–Crippen MR) is 86.4 cm³/mol. The Morgan fingerprint density at radius 2 is 1.87 bits per heavy atom. The lowest BCUT2D eigenvalue weighted by molar-refractivity contribution is 0.0781. The summed E-state index contributed by atoms with van der Waals surface area (Å²) in [5.74, 6) is 0.380. The molecule has 0 N–H and O–H groups in total. The second-order valence-electron chi connectivity index (χ2n) is 5.08. The molecule has 2 rings (SSSR count). The van der Waals surface area contributed by atoms with Gasteiger partial charge in [-0.25, -0.2) is 4.39 Å². The first-order chi connectivity index (χ1) is 11.0. The lowest BCUT2D eigenvalue weighted by atomic mass is 10.1. The third-order valence-corrected chi connectivity index (χ3v) is 3.39. The smallest absolute Gasteiger partial charge is 0.257 e. The van der Waals surface area contributed by atoms with Crippen LogP contribution in [0.5, 0.6) is 11.5 Å². The number of hydrogen-bond donors (Lipinski definition) is 0. The fraction of sp³-hybridized carbons (Fsp3) is 0.278. The molecule has 0 atom stereocenters. The molecule has 1 amide bonds. The Morgan fingerprint density at radius 1 is 1.17 bits per heavy atom. The van der Waals surface area contributed by atoms with Gasteiger partial charge in [0.1, 0.15) is 17.3 Å². The zero-order chi connectivity index (χ0) is 16.8. The molecule has 0 radical (unpaired) electrons. The fourth-order valence-corrected chi connectivity index (χ4v) is 2.26. The molecular weight excluding hydrogens is 297 g/mol. The highest BCUT2D eigenvalue weighted by molar-refractivity contribution is 5.96. The highest BCUT2D eigenvalue weighted by Crippen LogP contribution is 2.22. The van der Waals surface area contributed by atoms with E-state index in [4.69, 9.17) is 9.47 Å². The van der Waals surface area contributed by atoms with Gasteiger partial charge in [-0.3, -0.25) is 4.79 Å². The van der Waals surface area contributed by atoms with Crippen molar-refractivity contribution in [2.24, 2.45) is 0 Å². The van der Waals surface area contributed by atoms with Crippen LogP contribution in [0.15, 0.2) is 42.5 Å². The third-order valence-electron chi connectivity index (χ3n) is 3.39. The second kappa shape index (κ2) is 7.63. The highest BCUT2D eigenvalue weighted by Gasteiger charge is 2.17. The number of hydrogen-bond acceptors (Lipinski definition) is 3. The van der Waals surface area contributed by atoms with Crippen molar-refractivity contribution in [2.45, 2.75) is 13.5 Å². The maximum atomic E-state index is 13.4. The average Bonchev–Trinajstić information content (AvgIpc) is 2.56. The summed E-state index contributed by atoms with van der Waals surface area (Å²) < 4.78 is 23.9. The van der Waals surface area contributed by atoms with Gasteiger partial charge in [-0.15, -0.1) is 0 Å². The van der Waals surface area contributed by atoms with E-state index in [0.717, 1.165) is 11.3 Å². The summed E-state index contributed by atoms with van der Waals surface area (Å²) >= 11 is 0. The standard InChI is InChI=1S/C18H20FNO3/c1-4-23-15-8-5-13(6-9-15)12-20(2)18(21)16-11-14(19)7-10-17(16)22-3/h5-11H,4,12H2,1-3H3. The number of ether oxygens (including phenoxy) is 2. The van der Waals surface area contributed by atoms with Gasteiger partial charge in [0, 0.05) is 13.6 Å². The number of halogens is 1. The van der Waals surface area contributed by atoms with Crippen LogP contribution in [0.3, 0.4) is 0 Å². The van der Waals surface area contributed by atoms with E-state index in [9.17, 15) is 9.18 Å². The molecule has 0 unspecified atom stereocenters. The maximum absolute atomic E-state index is 13.4. The lowest BCUT2D eigenvalue weighted by Gasteiger charge is -2.19. The molecule has 122 valence electrons. The average molecular weight is 317 g/mol. The van der Waals surface area contributed by atoms with Crippen molar-refractivity contribution in [2.75, 3.05) is 20.8 Å². The number of amides is 1. The molecule has 0 aliphatic heterocycles. The van der Waals surface area contributed by atoms with Crippen molar-refractivity contribution < 1.29 is 18.7 Å². The van der Waals surface area contributed by atoms with Gasteiger partial charge in [0.2, 0.25) is 0 Å². The Kier molecular flexibility index (Phi) is 5.57. The van der Waals surface area contributed by atoms with Gasteiger partial charge in [0.05, 0.1) is 19.3 Å². The van der Waals surface area contributed by atoms with Crippen molar-refractivity contribution >= 4 is 5.91 Å². The van der Waals surface area contributed by atoms with Gasteiger partial charge in [-0.1, -0.05) is 12.1 Å². The number of carbonyl (C=O) groups excluding carboxylic acids is 1. The first kappa shape index (κ1) is 16.8. The summed E-state index contributed by atoms with van der Waals surface area (Å²) in [6.45, 7) is 2.94. The van der Waals surface area contributed by atoms with Crippen molar-refractivity contribution in [3.63, 3.8) is 0 Å². The number of benzene rings is 2. The number of methoxy groups -OCH3 is 1. The molecule has 23 heavy (non-hydrogen) atoms. The molecule has 0 spiro atoms. The van der Waals surface area contributed by atoms with Crippen LogP contribution < -0.4 is 9.47 Å². The van der Waals surface area contributed by atoms with Crippen LogP contribution in [0.1, 0.15) is 22.8 Å². The minimum atomic E-state index is -0.469. The van der Waals surface area contributed by atoms with Gasteiger partial charge in [-0.05, 0) is 42.8 Å². The van der Waals surface area contributed by atoms with E-state index in [1.54, 1.807) is 7.05 Å². The molecule has 0 heterocycles. The van der Waals surface area contributed by atoms with Crippen molar-refractivity contribution in [1.29, 1.82) is 0 Å². The van der Waals surface area contributed by atoms with Gasteiger partial charge < -0.3 is 14.4 Å². The molecule has 0 aromatic heterocycles. The predicted octanol–water partition coefficient (Wildman–Crippen LogP) is 3.51. The Labute approximate surface area is 135 Å². The van der Waals surface area contributed by atoms with Crippen molar-refractivity contribution in [3.05, 3.63) is 59.4 Å².